The number of aromatic nitrogens is 4. The molecule has 0 saturated carbocycles. The van der Waals surface area contributed by atoms with Crippen molar-refractivity contribution in [3.05, 3.63) is 106 Å². The van der Waals surface area contributed by atoms with Gasteiger partial charge in [0.05, 0.1) is 11.1 Å². The van der Waals surface area contributed by atoms with Gasteiger partial charge < -0.3 is 9.26 Å². The quantitative estimate of drug-likeness (QED) is 0.328. The molecule has 0 N–H and O–H groups in total. The Hall–Kier alpha value is -4.59. The minimum absolute atomic E-state index is 0.0214. The number of carbonyl (C=O) groups excluding carboxylic acids is 1. The number of nitrogens with zero attached hydrogens (tertiary/aromatic N) is 4. The lowest BCUT2D eigenvalue weighted by Gasteiger charge is -2.10. The SMILES string of the molecule is CC(C)c1ccc(-c2noc(COC(=O)c3nn(-c4ccccc4)c(=O)c4ccccc34)n2)cc1. The van der Waals surface area contributed by atoms with Gasteiger partial charge in [0.15, 0.2) is 12.3 Å². The molecule has 0 fully saturated rings. The monoisotopic (exact) mass is 466 g/mol. The van der Waals surface area contributed by atoms with Gasteiger partial charge in [-0.25, -0.2) is 4.79 Å². The summed E-state index contributed by atoms with van der Waals surface area (Å²) in [5, 5.41) is 9.08. The van der Waals surface area contributed by atoms with Gasteiger partial charge in [0, 0.05) is 10.9 Å². The maximum absolute atomic E-state index is 13.0. The number of carbonyl (C=O) groups is 1. The summed E-state index contributed by atoms with van der Waals surface area (Å²) in [7, 11) is 0. The molecule has 8 heteroatoms. The van der Waals surface area contributed by atoms with Crippen LogP contribution in [0.3, 0.4) is 0 Å². The molecule has 0 atom stereocenters. The number of ether oxygens (including phenoxy) is 1. The van der Waals surface area contributed by atoms with Gasteiger partial charge in [-0.3, -0.25) is 4.79 Å². The molecule has 0 aliphatic carbocycles. The maximum Gasteiger partial charge on any atom is 0.359 e. The van der Waals surface area contributed by atoms with E-state index in [-0.39, 0.29) is 23.8 Å². The molecule has 0 radical (unpaired) electrons. The average molecular weight is 466 g/mol. The predicted octanol–water partition coefficient (Wildman–Crippen LogP) is 4.92. The van der Waals surface area contributed by atoms with E-state index < -0.39 is 5.97 Å². The Morgan fingerprint density at radius 3 is 2.34 bits per heavy atom. The van der Waals surface area contributed by atoms with Crippen LogP contribution in [0.4, 0.5) is 0 Å². The molecule has 3 aromatic carbocycles. The van der Waals surface area contributed by atoms with Crippen molar-refractivity contribution < 1.29 is 14.1 Å². The second kappa shape index (κ2) is 9.34. The Labute approximate surface area is 200 Å². The van der Waals surface area contributed by atoms with Crippen molar-refractivity contribution in [2.75, 3.05) is 0 Å². The van der Waals surface area contributed by atoms with Crippen LogP contribution in [-0.4, -0.2) is 25.9 Å². The molecule has 0 spiro atoms. The van der Waals surface area contributed by atoms with Crippen LogP contribution in [0.1, 0.15) is 41.7 Å². The number of rotatable bonds is 6. The first-order valence-corrected chi connectivity index (χ1v) is 11.2. The van der Waals surface area contributed by atoms with E-state index >= 15 is 0 Å². The molecule has 174 valence electrons. The molecule has 0 aliphatic rings. The fourth-order valence-electron chi connectivity index (χ4n) is 3.73. The topological polar surface area (TPSA) is 100 Å². The summed E-state index contributed by atoms with van der Waals surface area (Å²) >= 11 is 0. The molecule has 5 aromatic rings. The van der Waals surface area contributed by atoms with Gasteiger partial charge in [-0.15, -0.1) is 0 Å². The lowest BCUT2D eigenvalue weighted by Crippen LogP contribution is -2.25. The van der Waals surface area contributed by atoms with Crippen molar-refractivity contribution in [1.82, 2.24) is 19.9 Å². The van der Waals surface area contributed by atoms with E-state index in [1.807, 2.05) is 30.3 Å². The molecule has 2 heterocycles. The van der Waals surface area contributed by atoms with Crippen LogP contribution in [0.2, 0.25) is 0 Å². The molecule has 0 amide bonds. The Morgan fingerprint density at radius 1 is 0.943 bits per heavy atom. The fourth-order valence-corrected chi connectivity index (χ4v) is 3.73. The van der Waals surface area contributed by atoms with E-state index in [1.54, 1.807) is 48.5 Å². The largest absolute Gasteiger partial charge is 0.451 e. The third-order valence-corrected chi connectivity index (χ3v) is 5.63. The Balaban J connectivity index is 1.40. The first-order valence-electron chi connectivity index (χ1n) is 11.2. The molecule has 0 bridgehead atoms. The number of para-hydroxylation sites is 1. The zero-order chi connectivity index (χ0) is 24.4. The van der Waals surface area contributed by atoms with E-state index in [9.17, 15) is 9.59 Å². The highest BCUT2D eigenvalue weighted by molar-refractivity contribution is 6.02. The highest BCUT2D eigenvalue weighted by Gasteiger charge is 2.20. The van der Waals surface area contributed by atoms with Gasteiger partial charge in [0.2, 0.25) is 5.82 Å². The van der Waals surface area contributed by atoms with Crippen LogP contribution in [0.5, 0.6) is 0 Å². The summed E-state index contributed by atoms with van der Waals surface area (Å²) in [6, 6.07) is 23.6. The van der Waals surface area contributed by atoms with Crippen LogP contribution in [0.25, 0.3) is 27.8 Å². The molecular weight excluding hydrogens is 444 g/mol. The van der Waals surface area contributed by atoms with E-state index in [0.29, 0.717) is 28.2 Å². The summed E-state index contributed by atoms with van der Waals surface area (Å²) in [5.41, 5.74) is 2.25. The van der Waals surface area contributed by atoms with Gasteiger partial charge >= 0.3 is 5.97 Å². The van der Waals surface area contributed by atoms with Gasteiger partial charge in [-0.05, 0) is 29.7 Å². The van der Waals surface area contributed by atoms with Gasteiger partial charge in [-0.1, -0.05) is 79.7 Å². The summed E-state index contributed by atoms with van der Waals surface area (Å²) in [4.78, 5) is 30.3. The smallest absolute Gasteiger partial charge is 0.359 e. The van der Waals surface area contributed by atoms with Crippen molar-refractivity contribution >= 4 is 16.7 Å². The third-order valence-electron chi connectivity index (χ3n) is 5.63. The molecule has 5 rings (SSSR count). The Kier molecular flexibility index (Phi) is 5.93. The molecule has 0 unspecified atom stereocenters. The van der Waals surface area contributed by atoms with Crippen molar-refractivity contribution in [1.29, 1.82) is 0 Å². The fraction of sp³-hybridized carbons (Fsp3) is 0.148. The first-order chi connectivity index (χ1) is 17.0. The first kappa shape index (κ1) is 22.2. The summed E-state index contributed by atoms with van der Waals surface area (Å²) in [6.07, 6.45) is 0. The van der Waals surface area contributed by atoms with Crippen molar-refractivity contribution in [3.8, 4) is 17.1 Å². The zero-order valence-corrected chi connectivity index (χ0v) is 19.2. The molecular formula is C27H22N4O4. The third kappa shape index (κ3) is 4.46. The number of esters is 1. The Bertz CT molecular complexity index is 1550. The van der Waals surface area contributed by atoms with Crippen LogP contribution in [0, 0.1) is 0 Å². The van der Waals surface area contributed by atoms with Gasteiger partial charge in [0.25, 0.3) is 11.4 Å². The second-order valence-corrected chi connectivity index (χ2v) is 8.31. The van der Waals surface area contributed by atoms with Crippen LogP contribution in [-0.2, 0) is 11.3 Å². The highest BCUT2D eigenvalue weighted by Crippen LogP contribution is 2.21. The van der Waals surface area contributed by atoms with E-state index in [0.717, 1.165) is 5.56 Å². The van der Waals surface area contributed by atoms with E-state index in [2.05, 4.69) is 29.1 Å². The molecule has 35 heavy (non-hydrogen) atoms. The number of hydrogen-bond acceptors (Lipinski definition) is 7. The van der Waals surface area contributed by atoms with Crippen molar-refractivity contribution in [3.63, 3.8) is 0 Å². The normalized spacial score (nSPS) is 11.2. The number of hydrogen-bond donors (Lipinski definition) is 0. The highest BCUT2D eigenvalue weighted by atomic mass is 16.6. The van der Waals surface area contributed by atoms with Crippen LogP contribution >= 0.6 is 0 Å². The average Bonchev–Trinajstić information content (AvgIpc) is 3.37. The van der Waals surface area contributed by atoms with Crippen molar-refractivity contribution in [2.24, 2.45) is 0 Å². The predicted molar refractivity (Wildman–Crippen MR) is 130 cm³/mol. The Morgan fingerprint density at radius 2 is 1.63 bits per heavy atom. The van der Waals surface area contributed by atoms with E-state index in [1.165, 1.54) is 10.2 Å². The minimum Gasteiger partial charge on any atom is -0.451 e. The lowest BCUT2D eigenvalue weighted by atomic mass is 10.0. The molecule has 0 aliphatic heterocycles. The van der Waals surface area contributed by atoms with Crippen LogP contribution in [0.15, 0.2) is 88.2 Å². The lowest BCUT2D eigenvalue weighted by molar-refractivity contribution is 0.0423. The molecule has 0 saturated heterocycles. The number of benzene rings is 3. The zero-order valence-electron chi connectivity index (χ0n) is 19.2. The summed E-state index contributed by atoms with van der Waals surface area (Å²) in [5.74, 6) is 0.284. The van der Waals surface area contributed by atoms with Gasteiger partial charge in [0.1, 0.15) is 0 Å². The van der Waals surface area contributed by atoms with Crippen molar-refractivity contribution in [2.45, 2.75) is 26.4 Å². The molecule has 8 nitrogen and oxygen atoms in total. The maximum atomic E-state index is 13.0. The van der Waals surface area contributed by atoms with Crippen LogP contribution < -0.4 is 5.56 Å². The number of fused-ring (bicyclic) bond motifs is 1. The summed E-state index contributed by atoms with van der Waals surface area (Å²) < 4.78 is 11.9. The standard InChI is InChI=1S/C27H22N4O4/c1-17(2)18-12-14-19(15-13-18)25-28-23(35-30-25)16-34-27(33)24-21-10-6-7-11-22(21)26(32)31(29-24)20-8-4-3-5-9-20/h3-15,17H,16H2,1-2H3. The summed E-state index contributed by atoms with van der Waals surface area (Å²) in [6.45, 7) is 4.02. The minimum atomic E-state index is -0.702. The van der Waals surface area contributed by atoms with Gasteiger partial charge in [-0.2, -0.15) is 14.8 Å². The second-order valence-electron chi connectivity index (χ2n) is 8.31. The van der Waals surface area contributed by atoms with E-state index in [4.69, 9.17) is 9.26 Å². The molecule has 2 aromatic heterocycles.